The smallest absolute Gasteiger partial charge is 0.242 e. The Morgan fingerprint density at radius 3 is 2.71 bits per heavy atom. The Hall–Kier alpha value is -1.97. The van der Waals surface area contributed by atoms with Gasteiger partial charge in [-0.05, 0) is 56.9 Å². The fraction of sp³-hybridized carbons (Fsp3) is 0.471. The summed E-state index contributed by atoms with van der Waals surface area (Å²) in [6.45, 7) is 8.30. The number of benzene rings is 1. The number of aromatic nitrogens is 1. The monoisotopic (exact) mass is 285 g/mol. The third-order valence-electron chi connectivity index (χ3n) is 4.79. The third kappa shape index (κ3) is 2.09. The van der Waals surface area contributed by atoms with Crippen LogP contribution in [-0.4, -0.2) is 30.0 Å². The van der Waals surface area contributed by atoms with Gasteiger partial charge in [0.25, 0.3) is 0 Å². The molecule has 0 fully saturated rings. The normalized spacial score (nSPS) is 22.7. The second-order valence-corrected chi connectivity index (χ2v) is 6.30. The van der Waals surface area contributed by atoms with E-state index in [2.05, 4.69) is 48.2 Å². The molecule has 0 aliphatic carbocycles. The quantitative estimate of drug-likeness (QED) is 0.782. The molecule has 2 atom stereocenters. The van der Waals surface area contributed by atoms with Crippen molar-refractivity contribution >= 4 is 22.5 Å². The molecule has 2 aromatic rings. The molecule has 1 aliphatic rings. The molecule has 2 heterocycles. The summed E-state index contributed by atoms with van der Waals surface area (Å²) in [5, 5.41) is 4.36. The van der Waals surface area contributed by atoms with Crippen LogP contribution in [0.25, 0.3) is 10.9 Å². The molecule has 1 aromatic heterocycles. The first kappa shape index (κ1) is 14.0. The van der Waals surface area contributed by atoms with Gasteiger partial charge in [-0.3, -0.25) is 4.79 Å². The lowest BCUT2D eigenvalue weighted by Gasteiger charge is -2.27. The number of hydrogen-bond donors (Lipinski definition) is 2. The van der Waals surface area contributed by atoms with Crippen LogP contribution in [0.2, 0.25) is 0 Å². The molecule has 1 amide bonds. The second kappa shape index (κ2) is 4.79. The van der Waals surface area contributed by atoms with Crippen molar-refractivity contribution in [2.75, 3.05) is 11.9 Å². The lowest BCUT2D eigenvalue weighted by atomic mass is 9.99. The zero-order valence-electron chi connectivity index (χ0n) is 13.4. The lowest BCUT2D eigenvalue weighted by molar-refractivity contribution is -0.122. The fourth-order valence-corrected chi connectivity index (χ4v) is 3.20. The van der Waals surface area contributed by atoms with Crippen LogP contribution >= 0.6 is 0 Å². The van der Waals surface area contributed by atoms with E-state index in [1.165, 1.54) is 27.6 Å². The van der Waals surface area contributed by atoms with Crippen LogP contribution < -0.4 is 10.2 Å². The van der Waals surface area contributed by atoms with Crippen molar-refractivity contribution in [3.05, 3.63) is 29.0 Å². The average molecular weight is 285 g/mol. The molecule has 2 unspecified atom stereocenters. The van der Waals surface area contributed by atoms with Crippen molar-refractivity contribution in [2.24, 2.45) is 0 Å². The van der Waals surface area contributed by atoms with E-state index in [9.17, 15) is 4.79 Å². The Morgan fingerprint density at radius 2 is 2.00 bits per heavy atom. The van der Waals surface area contributed by atoms with Gasteiger partial charge in [-0.1, -0.05) is 0 Å². The van der Waals surface area contributed by atoms with Gasteiger partial charge in [0.05, 0.1) is 5.52 Å². The topological polar surface area (TPSA) is 48.1 Å². The van der Waals surface area contributed by atoms with Gasteiger partial charge in [0, 0.05) is 30.4 Å². The van der Waals surface area contributed by atoms with E-state index >= 15 is 0 Å². The molecule has 4 heteroatoms. The molecular weight excluding hydrogens is 262 g/mol. The standard InChI is InChI=1S/C17H23N3O/c1-9-6-14-15-13(8-18-16(15)11(9)3)7-10(2)19-17(21)12(4)20(14)5/h6,8,10,12,18H,7H2,1-5H3,(H,19,21). The van der Waals surface area contributed by atoms with Gasteiger partial charge in [-0.2, -0.15) is 0 Å². The minimum Gasteiger partial charge on any atom is -0.362 e. The molecule has 21 heavy (non-hydrogen) atoms. The molecule has 0 saturated heterocycles. The van der Waals surface area contributed by atoms with Crippen LogP contribution in [0.3, 0.4) is 0 Å². The van der Waals surface area contributed by atoms with Crippen molar-refractivity contribution in [1.82, 2.24) is 10.3 Å². The van der Waals surface area contributed by atoms with Gasteiger partial charge >= 0.3 is 0 Å². The van der Waals surface area contributed by atoms with E-state index in [1.54, 1.807) is 0 Å². The first-order valence-corrected chi connectivity index (χ1v) is 7.53. The summed E-state index contributed by atoms with van der Waals surface area (Å²) in [6.07, 6.45) is 2.94. The zero-order valence-corrected chi connectivity index (χ0v) is 13.4. The number of H-pyrrole nitrogens is 1. The number of likely N-dealkylation sites (N-methyl/N-ethyl adjacent to an activating group) is 1. The lowest BCUT2D eigenvalue weighted by Crippen LogP contribution is -2.46. The number of aryl methyl sites for hydroxylation is 2. The molecule has 2 N–H and O–H groups in total. The summed E-state index contributed by atoms with van der Waals surface area (Å²) >= 11 is 0. The molecule has 1 aliphatic heterocycles. The van der Waals surface area contributed by atoms with E-state index in [1.807, 2.05) is 14.0 Å². The molecule has 0 spiro atoms. The van der Waals surface area contributed by atoms with E-state index in [0.717, 1.165) is 12.1 Å². The molecule has 4 nitrogen and oxygen atoms in total. The molecular formula is C17H23N3O. The number of carbonyl (C=O) groups is 1. The predicted octanol–water partition coefficient (Wildman–Crippen LogP) is 2.67. The van der Waals surface area contributed by atoms with Crippen LogP contribution in [0.1, 0.15) is 30.5 Å². The highest BCUT2D eigenvalue weighted by atomic mass is 16.2. The Morgan fingerprint density at radius 1 is 1.29 bits per heavy atom. The molecule has 112 valence electrons. The van der Waals surface area contributed by atoms with Crippen LogP contribution in [0.5, 0.6) is 0 Å². The predicted molar refractivity (Wildman–Crippen MR) is 86.9 cm³/mol. The summed E-state index contributed by atoms with van der Waals surface area (Å²) in [6, 6.07) is 2.16. The van der Waals surface area contributed by atoms with Gasteiger partial charge in [-0.25, -0.2) is 0 Å². The van der Waals surface area contributed by atoms with E-state index in [4.69, 9.17) is 0 Å². The maximum absolute atomic E-state index is 12.3. The van der Waals surface area contributed by atoms with Crippen molar-refractivity contribution in [1.29, 1.82) is 0 Å². The first-order chi connectivity index (χ1) is 9.90. The highest BCUT2D eigenvalue weighted by Crippen LogP contribution is 2.35. The highest BCUT2D eigenvalue weighted by molar-refractivity contribution is 6.00. The average Bonchev–Trinajstić information content (AvgIpc) is 2.84. The molecule has 0 saturated carbocycles. The maximum Gasteiger partial charge on any atom is 0.242 e. The number of anilines is 1. The van der Waals surface area contributed by atoms with Crippen molar-refractivity contribution in [3.8, 4) is 0 Å². The van der Waals surface area contributed by atoms with Gasteiger partial charge in [-0.15, -0.1) is 0 Å². The fourth-order valence-electron chi connectivity index (χ4n) is 3.20. The number of aromatic amines is 1. The SMILES string of the molecule is Cc1cc2c3c(c[nH]c3c1C)CC(C)NC(=O)C(C)N2C. The Bertz CT molecular complexity index is 716. The van der Waals surface area contributed by atoms with E-state index < -0.39 is 0 Å². The van der Waals surface area contributed by atoms with E-state index in [-0.39, 0.29) is 18.0 Å². The highest BCUT2D eigenvalue weighted by Gasteiger charge is 2.26. The number of hydrogen-bond acceptors (Lipinski definition) is 2. The van der Waals surface area contributed by atoms with Gasteiger partial charge in [0.1, 0.15) is 6.04 Å². The van der Waals surface area contributed by atoms with Crippen LogP contribution in [0.4, 0.5) is 5.69 Å². The molecule has 1 aromatic carbocycles. The van der Waals surface area contributed by atoms with Crippen LogP contribution in [0.15, 0.2) is 12.3 Å². The summed E-state index contributed by atoms with van der Waals surface area (Å²) in [5.41, 5.74) is 6.14. The number of nitrogens with zero attached hydrogens (tertiary/aromatic N) is 1. The van der Waals surface area contributed by atoms with Gasteiger partial charge < -0.3 is 15.2 Å². The summed E-state index contributed by atoms with van der Waals surface area (Å²) < 4.78 is 0. The van der Waals surface area contributed by atoms with Crippen molar-refractivity contribution in [2.45, 2.75) is 46.2 Å². The number of amides is 1. The first-order valence-electron chi connectivity index (χ1n) is 7.53. The van der Waals surface area contributed by atoms with Crippen LogP contribution in [-0.2, 0) is 11.2 Å². The number of nitrogens with one attached hydrogen (secondary N) is 2. The van der Waals surface area contributed by atoms with Gasteiger partial charge in [0.15, 0.2) is 0 Å². The summed E-state index contributed by atoms with van der Waals surface area (Å²) in [7, 11) is 2.00. The second-order valence-electron chi connectivity index (χ2n) is 6.30. The number of rotatable bonds is 0. The Labute approximate surface area is 125 Å². The Kier molecular flexibility index (Phi) is 3.19. The largest absolute Gasteiger partial charge is 0.362 e. The molecule has 3 rings (SSSR count). The molecule has 0 bridgehead atoms. The van der Waals surface area contributed by atoms with Crippen molar-refractivity contribution < 1.29 is 4.79 Å². The zero-order chi connectivity index (χ0) is 15.3. The van der Waals surface area contributed by atoms with Crippen molar-refractivity contribution in [3.63, 3.8) is 0 Å². The van der Waals surface area contributed by atoms with Gasteiger partial charge in [0.2, 0.25) is 5.91 Å². The number of carbonyl (C=O) groups excluding carboxylic acids is 1. The van der Waals surface area contributed by atoms with E-state index in [0.29, 0.717) is 0 Å². The minimum atomic E-state index is -0.182. The summed E-state index contributed by atoms with van der Waals surface area (Å²) in [4.78, 5) is 17.8. The third-order valence-corrected chi connectivity index (χ3v) is 4.79. The van der Waals surface area contributed by atoms with Crippen LogP contribution in [0, 0.1) is 13.8 Å². The maximum atomic E-state index is 12.3. The Balaban J connectivity index is 2.32. The summed E-state index contributed by atoms with van der Waals surface area (Å²) in [5.74, 6) is 0.0884. The minimum absolute atomic E-state index is 0.0884. The molecule has 0 radical (unpaired) electrons.